The van der Waals surface area contributed by atoms with Crippen molar-refractivity contribution in [1.82, 2.24) is 0 Å². The second-order valence-corrected chi connectivity index (χ2v) is 4.53. The van der Waals surface area contributed by atoms with Gasteiger partial charge in [0.05, 0.1) is 24.4 Å². The van der Waals surface area contributed by atoms with E-state index in [1.165, 1.54) is 25.7 Å². The van der Waals surface area contributed by atoms with Gasteiger partial charge in [0.2, 0.25) is 0 Å². The van der Waals surface area contributed by atoms with Crippen LogP contribution in [0.4, 0.5) is 0 Å². The molecule has 0 N–H and O–H groups in total. The monoisotopic (exact) mass is 184 g/mol. The van der Waals surface area contributed by atoms with E-state index < -0.39 is 0 Å². The summed E-state index contributed by atoms with van der Waals surface area (Å²) in [6.45, 7) is 4.33. The summed E-state index contributed by atoms with van der Waals surface area (Å²) >= 11 is 0. The van der Waals surface area contributed by atoms with Crippen molar-refractivity contribution < 1.29 is 9.47 Å². The summed E-state index contributed by atoms with van der Waals surface area (Å²) in [4.78, 5) is 0. The van der Waals surface area contributed by atoms with Crippen molar-refractivity contribution in [2.45, 2.75) is 70.4 Å². The lowest BCUT2D eigenvalue weighted by Crippen LogP contribution is -2.18. The number of ether oxygens (including phenoxy) is 2. The lowest BCUT2D eigenvalue weighted by Gasteiger charge is -2.16. The molecular weight excluding hydrogens is 164 g/mol. The lowest BCUT2D eigenvalue weighted by atomic mass is 10.1. The predicted molar refractivity (Wildman–Crippen MR) is 51.8 cm³/mol. The highest BCUT2D eigenvalue weighted by Crippen LogP contribution is 2.28. The molecule has 2 saturated heterocycles. The van der Waals surface area contributed by atoms with Crippen molar-refractivity contribution in [3.63, 3.8) is 0 Å². The van der Waals surface area contributed by atoms with Gasteiger partial charge in [-0.05, 0) is 46.0 Å². The summed E-state index contributed by atoms with van der Waals surface area (Å²) in [6, 6.07) is 0. The van der Waals surface area contributed by atoms with Crippen LogP contribution < -0.4 is 0 Å². The van der Waals surface area contributed by atoms with Gasteiger partial charge in [-0.3, -0.25) is 0 Å². The van der Waals surface area contributed by atoms with Gasteiger partial charge in [-0.2, -0.15) is 0 Å². The Kier molecular flexibility index (Phi) is 2.89. The third-order valence-corrected chi connectivity index (χ3v) is 3.17. The standard InChI is InChI=1S/C11H20O2/c1-8-3-5-10(12-8)7-11-6-4-9(2)13-11/h8-11H,3-7H2,1-2H3. The fourth-order valence-corrected chi connectivity index (χ4v) is 2.41. The van der Waals surface area contributed by atoms with E-state index in [0.717, 1.165) is 6.42 Å². The minimum absolute atomic E-state index is 0.476. The summed E-state index contributed by atoms with van der Waals surface area (Å²) in [5.41, 5.74) is 0. The van der Waals surface area contributed by atoms with Gasteiger partial charge in [0, 0.05) is 0 Å². The molecule has 2 aliphatic rings. The third-order valence-electron chi connectivity index (χ3n) is 3.17. The van der Waals surface area contributed by atoms with E-state index in [1.54, 1.807) is 0 Å². The summed E-state index contributed by atoms with van der Waals surface area (Å²) in [5.74, 6) is 0. The molecule has 76 valence electrons. The zero-order valence-corrected chi connectivity index (χ0v) is 8.66. The molecule has 0 aliphatic carbocycles. The quantitative estimate of drug-likeness (QED) is 0.656. The van der Waals surface area contributed by atoms with E-state index in [2.05, 4.69) is 13.8 Å². The van der Waals surface area contributed by atoms with E-state index in [9.17, 15) is 0 Å². The van der Waals surface area contributed by atoms with Crippen LogP contribution in [0.2, 0.25) is 0 Å². The largest absolute Gasteiger partial charge is 0.375 e. The van der Waals surface area contributed by atoms with Crippen LogP contribution in [0.5, 0.6) is 0 Å². The van der Waals surface area contributed by atoms with Gasteiger partial charge >= 0.3 is 0 Å². The fourth-order valence-electron chi connectivity index (χ4n) is 2.41. The molecule has 2 fully saturated rings. The molecule has 4 atom stereocenters. The molecular formula is C11H20O2. The van der Waals surface area contributed by atoms with E-state index in [0.29, 0.717) is 24.4 Å². The molecule has 0 spiro atoms. The van der Waals surface area contributed by atoms with Crippen LogP contribution in [0.15, 0.2) is 0 Å². The SMILES string of the molecule is CC1CCC(CC2CCC(C)O2)O1. The maximum atomic E-state index is 5.78. The van der Waals surface area contributed by atoms with E-state index in [4.69, 9.17) is 9.47 Å². The van der Waals surface area contributed by atoms with Crippen molar-refractivity contribution in [2.75, 3.05) is 0 Å². The average molecular weight is 184 g/mol. The minimum Gasteiger partial charge on any atom is -0.375 e. The highest BCUT2D eigenvalue weighted by Gasteiger charge is 2.29. The smallest absolute Gasteiger partial charge is 0.0604 e. The average Bonchev–Trinajstić information content (AvgIpc) is 2.62. The van der Waals surface area contributed by atoms with Crippen LogP contribution in [0.25, 0.3) is 0 Å². The van der Waals surface area contributed by atoms with Crippen LogP contribution in [0.3, 0.4) is 0 Å². The van der Waals surface area contributed by atoms with Crippen LogP contribution in [-0.2, 0) is 9.47 Å². The molecule has 0 saturated carbocycles. The second-order valence-electron chi connectivity index (χ2n) is 4.53. The summed E-state index contributed by atoms with van der Waals surface area (Å²) < 4.78 is 11.6. The molecule has 0 aromatic heterocycles. The number of hydrogen-bond acceptors (Lipinski definition) is 2. The number of hydrogen-bond donors (Lipinski definition) is 0. The maximum Gasteiger partial charge on any atom is 0.0604 e. The van der Waals surface area contributed by atoms with Crippen molar-refractivity contribution in [1.29, 1.82) is 0 Å². The minimum atomic E-state index is 0.476. The summed E-state index contributed by atoms with van der Waals surface area (Å²) in [5, 5.41) is 0. The molecule has 2 nitrogen and oxygen atoms in total. The molecule has 2 rings (SSSR count). The molecule has 4 unspecified atom stereocenters. The molecule has 0 amide bonds. The van der Waals surface area contributed by atoms with Crippen LogP contribution in [0.1, 0.15) is 46.0 Å². The molecule has 2 aliphatic heterocycles. The molecule has 2 heterocycles. The van der Waals surface area contributed by atoms with E-state index in [-0.39, 0.29) is 0 Å². The molecule has 0 aromatic rings. The topological polar surface area (TPSA) is 18.5 Å². The number of rotatable bonds is 2. The Morgan fingerprint density at radius 3 is 1.62 bits per heavy atom. The molecule has 0 radical (unpaired) electrons. The van der Waals surface area contributed by atoms with Crippen molar-refractivity contribution in [3.05, 3.63) is 0 Å². The Labute approximate surface area is 80.6 Å². The van der Waals surface area contributed by atoms with Crippen LogP contribution in [0, 0.1) is 0 Å². The molecule has 0 aromatic carbocycles. The highest BCUT2D eigenvalue weighted by atomic mass is 16.5. The Morgan fingerprint density at radius 1 is 0.846 bits per heavy atom. The fraction of sp³-hybridized carbons (Fsp3) is 1.00. The van der Waals surface area contributed by atoms with E-state index >= 15 is 0 Å². The summed E-state index contributed by atoms with van der Waals surface area (Å²) in [6.07, 6.45) is 7.95. The van der Waals surface area contributed by atoms with Gasteiger partial charge in [-0.15, -0.1) is 0 Å². The predicted octanol–water partition coefficient (Wildman–Crippen LogP) is 2.51. The first-order chi connectivity index (χ1) is 6.24. The van der Waals surface area contributed by atoms with Crippen molar-refractivity contribution in [2.24, 2.45) is 0 Å². The van der Waals surface area contributed by atoms with Gasteiger partial charge in [-0.1, -0.05) is 0 Å². The van der Waals surface area contributed by atoms with Gasteiger partial charge in [0.25, 0.3) is 0 Å². The van der Waals surface area contributed by atoms with Crippen molar-refractivity contribution >= 4 is 0 Å². The van der Waals surface area contributed by atoms with Gasteiger partial charge < -0.3 is 9.47 Å². The van der Waals surface area contributed by atoms with Crippen LogP contribution in [-0.4, -0.2) is 24.4 Å². The second kappa shape index (κ2) is 3.97. The first-order valence-corrected chi connectivity index (χ1v) is 5.55. The summed E-state index contributed by atoms with van der Waals surface area (Å²) in [7, 11) is 0. The molecule has 2 heteroatoms. The van der Waals surface area contributed by atoms with Gasteiger partial charge in [-0.25, -0.2) is 0 Å². The zero-order valence-electron chi connectivity index (χ0n) is 8.66. The van der Waals surface area contributed by atoms with Gasteiger partial charge in [0.1, 0.15) is 0 Å². The third kappa shape index (κ3) is 2.44. The first kappa shape index (κ1) is 9.47. The normalized spacial score (nSPS) is 45.7. The molecule has 0 bridgehead atoms. The van der Waals surface area contributed by atoms with E-state index in [1.807, 2.05) is 0 Å². The Morgan fingerprint density at radius 2 is 1.31 bits per heavy atom. The Bertz CT molecular complexity index is 151. The molecule has 13 heavy (non-hydrogen) atoms. The lowest BCUT2D eigenvalue weighted by molar-refractivity contribution is -0.00666. The zero-order chi connectivity index (χ0) is 9.26. The first-order valence-electron chi connectivity index (χ1n) is 5.55. The Balaban J connectivity index is 1.72. The highest BCUT2D eigenvalue weighted by molar-refractivity contribution is 4.78. The Hall–Kier alpha value is -0.0800. The van der Waals surface area contributed by atoms with Crippen LogP contribution >= 0.6 is 0 Å². The van der Waals surface area contributed by atoms with Gasteiger partial charge in [0.15, 0.2) is 0 Å². The van der Waals surface area contributed by atoms with Crippen molar-refractivity contribution in [3.8, 4) is 0 Å². The maximum absolute atomic E-state index is 5.78.